The molecular weight excluding hydrogens is 402 g/mol. The summed E-state index contributed by atoms with van der Waals surface area (Å²) in [6.07, 6.45) is 15.0. The summed E-state index contributed by atoms with van der Waals surface area (Å²) >= 11 is 0. The fourth-order valence-electron chi connectivity index (χ4n) is 2.84. The number of nitrogens with zero attached hydrogens (tertiary/aromatic N) is 9. The van der Waals surface area contributed by atoms with Crippen molar-refractivity contribution in [2.24, 2.45) is 9.98 Å². The zero-order valence-corrected chi connectivity index (χ0v) is 17.2. The van der Waals surface area contributed by atoms with Gasteiger partial charge in [0.1, 0.15) is 5.69 Å². The van der Waals surface area contributed by atoms with Gasteiger partial charge in [0, 0.05) is 24.8 Å². The Morgan fingerprint density at radius 3 is 1.94 bits per heavy atom. The van der Waals surface area contributed by atoms with E-state index in [1.54, 1.807) is 70.7 Å². The van der Waals surface area contributed by atoms with Crippen LogP contribution in [-0.4, -0.2) is 34.3 Å². The molecule has 0 spiro atoms. The molecule has 4 heterocycles. The summed E-state index contributed by atoms with van der Waals surface area (Å²) in [6.45, 7) is 15.1. The van der Waals surface area contributed by atoms with E-state index in [2.05, 4.69) is 61.4 Å². The lowest BCUT2D eigenvalue weighted by atomic mass is 10.2. The molecule has 0 bridgehead atoms. The van der Waals surface area contributed by atoms with Gasteiger partial charge < -0.3 is 9.13 Å². The van der Waals surface area contributed by atoms with Crippen LogP contribution in [0.5, 0.6) is 0 Å². The summed E-state index contributed by atoms with van der Waals surface area (Å²) in [6, 6.07) is 3.59. The van der Waals surface area contributed by atoms with Crippen molar-refractivity contribution >= 4 is 36.2 Å². The van der Waals surface area contributed by atoms with Crippen LogP contribution in [0.4, 0.5) is 11.6 Å². The van der Waals surface area contributed by atoms with E-state index in [-0.39, 0.29) is 0 Å². The summed E-state index contributed by atoms with van der Waals surface area (Å²) in [4.78, 5) is 22.1. The van der Waals surface area contributed by atoms with Crippen LogP contribution in [0.25, 0.3) is 35.8 Å². The van der Waals surface area contributed by atoms with Crippen molar-refractivity contribution < 1.29 is 0 Å². The number of hydrogen-bond acceptors (Lipinski definition) is 7. The lowest BCUT2D eigenvalue weighted by molar-refractivity contribution is 0.950. The van der Waals surface area contributed by atoms with Gasteiger partial charge in [-0.15, -0.1) is 10.2 Å². The average molecular weight is 421 g/mol. The molecule has 2 aromatic heterocycles. The van der Waals surface area contributed by atoms with Gasteiger partial charge in [-0.1, -0.05) is 26.3 Å². The molecule has 2 aliphatic heterocycles. The molecule has 4 rings (SSSR count). The normalized spacial score (nSPS) is 12.0. The molecule has 0 atom stereocenters. The molecule has 2 aromatic rings. The molecule has 0 fully saturated rings. The Morgan fingerprint density at radius 2 is 1.34 bits per heavy atom. The highest BCUT2D eigenvalue weighted by molar-refractivity contribution is 5.71. The molecule has 0 N–H and O–H groups in total. The van der Waals surface area contributed by atoms with Gasteiger partial charge in [0.2, 0.25) is 0 Å². The first-order valence-electron chi connectivity index (χ1n) is 9.53. The molecular formula is C23H19N9. The molecule has 156 valence electrons. The Bertz CT molecular complexity index is 1460. The van der Waals surface area contributed by atoms with Gasteiger partial charge in [0.25, 0.3) is 0 Å². The predicted octanol–water partition coefficient (Wildman–Crippen LogP) is 3.32. The minimum Gasteiger partial charge on any atom is -0.306 e. The fraction of sp³-hybridized carbons (Fsp3) is 0. The monoisotopic (exact) mass is 421 g/mol. The number of fused-ring (bicyclic) bond motifs is 1. The number of aromatic nitrogens is 7. The van der Waals surface area contributed by atoms with E-state index >= 15 is 0 Å². The molecule has 0 saturated carbocycles. The van der Waals surface area contributed by atoms with Gasteiger partial charge in [0.05, 0.1) is 35.5 Å². The summed E-state index contributed by atoms with van der Waals surface area (Å²) < 4.78 is 3.48. The van der Waals surface area contributed by atoms with Crippen molar-refractivity contribution in [2.75, 3.05) is 0 Å². The summed E-state index contributed by atoms with van der Waals surface area (Å²) in [5, 5.41) is 8.36. The van der Waals surface area contributed by atoms with Crippen molar-refractivity contribution in [3.63, 3.8) is 0 Å². The maximum atomic E-state index is 4.59. The van der Waals surface area contributed by atoms with Crippen LogP contribution in [0.15, 0.2) is 79.4 Å². The van der Waals surface area contributed by atoms with Gasteiger partial charge in [-0.25, -0.2) is 15.0 Å². The Labute approximate surface area is 183 Å². The van der Waals surface area contributed by atoms with Crippen molar-refractivity contribution in [3.05, 3.63) is 91.8 Å². The lowest BCUT2D eigenvalue weighted by Gasteiger charge is -2.01. The molecule has 9 heteroatoms. The third-order valence-electron chi connectivity index (χ3n) is 4.48. The highest BCUT2D eigenvalue weighted by Gasteiger charge is 2.12. The number of rotatable bonds is 6. The van der Waals surface area contributed by atoms with Crippen LogP contribution in [0, 0.1) is 0 Å². The summed E-state index contributed by atoms with van der Waals surface area (Å²) in [7, 11) is 0. The highest BCUT2D eigenvalue weighted by Crippen LogP contribution is 2.28. The van der Waals surface area contributed by atoms with Crippen LogP contribution in [0.2, 0.25) is 0 Å². The molecule has 2 aliphatic rings. The van der Waals surface area contributed by atoms with E-state index in [4.69, 9.17) is 0 Å². The van der Waals surface area contributed by atoms with Crippen LogP contribution >= 0.6 is 0 Å². The average Bonchev–Trinajstić information content (AvgIpc) is 3.10. The second kappa shape index (κ2) is 8.92. The first-order valence-corrected chi connectivity index (χ1v) is 9.53. The molecule has 0 radical (unpaired) electrons. The second-order valence-electron chi connectivity index (χ2n) is 6.42. The predicted molar refractivity (Wildman–Crippen MR) is 124 cm³/mol. The van der Waals surface area contributed by atoms with Crippen LogP contribution in [0.3, 0.4) is 0 Å². The Morgan fingerprint density at radius 1 is 0.719 bits per heavy atom. The van der Waals surface area contributed by atoms with Crippen molar-refractivity contribution in [1.29, 1.82) is 0 Å². The van der Waals surface area contributed by atoms with E-state index in [1.807, 2.05) is 6.07 Å². The third-order valence-corrected chi connectivity index (χ3v) is 4.48. The zero-order chi connectivity index (χ0) is 22.5. The maximum Gasteiger partial charge on any atom is 0.186 e. The second-order valence-corrected chi connectivity index (χ2v) is 6.42. The fourth-order valence-corrected chi connectivity index (χ4v) is 2.84. The third kappa shape index (κ3) is 4.08. The SMILES string of the molecule is C=Cc1cn(C=C)c(=Nc2ccc3c(/N=c4\cnc(C=C)cn4C=C)nnc-3cn2)cn1. The Balaban J connectivity index is 1.80. The molecule has 0 aliphatic carbocycles. The Kier molecular flexibility index (Phi) is 5.71. The van der Waals surface area contributed by atoms with Gasteiger partial charge in [0.15, 0.2) is 22.6 Å². The van der Waals surface area contributed by atoms with Crippen LogP contribution < -0.4 is 11.0 Å². The van der Waals surface area contributed by atoms with Crippen molar-refractivity contribution in [1.82, 2.24) is 34.3 Å². The van der Waals surface area contributed by atoms with Crippen LogP contribution in [0.1, 0.15) is 11.4 Å². The standard InChI is InChI=1S/C23H19N9/c1-5-16-14-31(7-3)21(12-24-16)27-20-10-9-18-19(11-26-20)29-30-23(18)28-22-13-25-17(6-2)15-32(22)8-4/h5-15H,1-4H2/b27-21?,28-22+. The van der Waals surface area contributed by atoms with Gasteiger partial charge in [-0.2, -0.15) is 0 Å². The first kappa shape index (κ1) is 20.5. The number of hydrogen-bond donors (Lipinski definition) is 0. The van der Waals surface area contributed by atoms with E-state index in [0.717, 1.165) is 5.56 Å². The molecule has 0 aromatic carbocycles. The smallest absolute Gasteiger partial charge is 0.186 e. The molecule has 0 amide bonds. The van der Waals surface area contributed by atoms with E-state index in [9.17, 15) is 0 Å². The quantitative estimate of drug-likeness (QED) is 0.476. The van der Waals surface area contributed by atoms with E-state index in [0.29, 0.717) is 39.7 Å². The molecule has 0 unspecified atom stereocenters. The van der Waals surface area contributed by atoms with Crippen LogP contribution in [-0.2, 0) is 0 Å². The zero-order valence-electron chi connectivity index (χ0n) is 17.2. The maximum absolute atomic E-state index is 4.59. The summed E-state index contributed by atoms with van der Waals surface area (Å²) in [5.41, 5.74) is 3.85. The minimum absolute atomic E-state index is 0.436. The first-order chi connectivity index (χ1) is 15.6. The summed E-state index contributed by atoms with van der Waals surface area (Å²) in [5.74, 6) is 0.904. The lowest BCUT2D eigenvalue weighted by Crippen LogP contribution is -2.16. The Hall–Kier alpha value is -4.79. The molecule has 32 heavy (non-hydrogen) atoms. The van der Waals surface area contributed by atoms with Gasteiger partial charge in [-0.05, 0) is 24.3 Å². The van der Waals surface area contributed by atoms with E-state index in [1.165, 1.54) is 0 Å². The topological polar surface area (TPSA) is 99.0 Å². The largest absolute Gasteiger partial charge is 0.306 e. The van der Waals surface area contributed by atoms with E-state index < -0.39 is 0 Å². The van der Waals surface area contributed by atoms with Crippen molar-refractivity contribution in [2.45, 2.75) is 0 Å². The molecule has 9 nitrogen and oxygen atoms in total. The highest BCUT2D eigenvalue weighted by atomic mass is 15.2. The van der Waals surface area contributed by atoms with Gasteiger partial charge >= 0.3 is 0 Å². The van der Waals surface area contributed by atoms with Crippen molar-refractivity contribution in [3.8, 4) is 11.3 Å². The molecule has 0 saturated heterocycles. The minimum atomic E-state index is 0.436. The van der Waals surface area contributed by atoms with Gasteiger partial charge in [-0.3, -0.25) is 9.97 Å².